The lowest BCUT2D eigenvalue weighted by molar-refractivity contribution is -0.157. The lowest BCUT2D eigenvalue weighted by atomic mass is 9.92. The van der Waals surface area contributed by atoms with E-state index in [2.05, 4.69) is 21.7 Å². The third-order valence-corrected chi connectivity index (χ3v) is 4.64. The second-order valence-electron chi connectivity index (χ2n) is 9.82. The number of fused-ring (bicyclic) bond motifs is 1. The molecule has 0 bridgehead atoms. The SMILES string of the molecule is CC(C)(C)OC(=O)NC(CCCNC1CCCc2cccnc21)C(=O)OC(C)(C)C. The third-order valence-electron chi connectivity index (χ3n) is 4.64. The Balaban J connectivity index is 1.90. The predicted octanol–water partition coefficient (Wildman–Crippen LogP) is 4.06. The Morgan fingerprint density at radius 3 is 2.53 bits per heavy atom. The molecular formula is C23H37N3O4. The first-order valence-electron chi connectivity index (χ1n) is 10.8. The second kappa shape index (κ2) is 10.2. The van der Waals surface area contributed by atoms with Crippen LogP contribution in [0.15, 0.2) is 18.3 Å². The quantitative estimate of drug-likeness (QED) is 0.512. The van der Waals surface area contributed by atoms with Crippen molar-refractivity contribution in [1.29, 1.82) is 0 Å². The van der Waals surface area contributed by atoms with Crippen LogP contribution in [0.5, 0.6) is 0 Å². The van der Waals surface area contributed by atoms with E-state index in [1.165, 1.54) is 5.56 Å². The molecule has 7 heteroatoms. The van der Waals surface area contributed by atoms with Crippen LogP contribution < -0.4 is 10.6 Å². The van der Waals surface area contributed by atoms with Crippen molar-refractivity contribution in [3.63, 3.8) is 0 Å². The summed E-state index contributed by atoms with van der Waals surface area (Å²) in [5, 5.41) is 6.23. The highest BCUT2D eigenvalue weighted by Gasteiger charge is 2.28. The third kappa shape index (κ3) is 8.30. The number of nitrogens with one attached hydrogen (secondary N) is 2. The van der Waals surface area contributed by atoms with E-state index in [-0.39, 0.29) is 6.04 Å². The van der Waals surface area contributed by atoms with Crippen molar-refractivity contribution in [2.45, 2.75) is 96.9 Å². The minimum atomic E-state index is -0.752. The molecular weight excluding hydrogens is 382 g/mol. The van der Waals surface area contributed by atoms with Crippen molar-refractivity contribution in [3.8, 4) is 0 Å². The van der Waals surface area contributed by atoms with Gasteiger partial charge >= 0.3 is 12.1 Å². The normalized spacial score (nSPS) is 17.6. The van der Waals surface area contributed by atoms with Gasteiger partial charge in [-0.3, -0.25) is 4.98 Å². The molecule has 0 aromatic carbocycles. The molecule has 168 valence electrons. The van der Waals surface area contributed by atoms with Gasteiger partial charge in [0.2, 0.25) is 0 Å². The van der Waals surface area contributed by atoms with Crippen LogP contribution in [-0.2, 0) is 20.7 Å². The topological polar surface area (TPSA) is 89.5 Å². The summed E-state index contributed by atoms with van der Waals surface area (Å²) in [6.45, 7) is 11.5. The number of aryl methyl sites for hydroxylation is 1. The number of amides is 1. The van der Waals surface area contributed by atoms with Gasteiger partial charge in [0.25, 0.3) is 0 Å². The first-order valence-corrected chi connectivity index (χ1v) is 10.8. The van der Waals surface area contributed by atoms with Crippen LogP contribution >= 0.6 is 0 Å². The molecule has 2 atom stereocenters. The monoisotopic (exact) mass is 419 g/mol. The van der Waals surface area contributed by atoms with Crippen LogP contribution in [0.3, 0.4) is 0 Å². The van der Waals surface area contributed by atoms with Gasteiger partial charge in [-0.25, -0.2) is 9.59 Å². The molecule has 0 fully saturated rings. The molecule has 0 saturated carbocycles. The van der Waals surface area contributed by atoms with Crippen molar-refractivity contribution in [2.75, 3.05) is 6.54 Å². The molecule has 1 amide bonds. The number of rotatable bonds is 7. The van der Waals surface area contributed by atoms with E-state index in [9.17, 15) is 9.59 Å². The second-order valence-corrected chi connectivity index (χ2v) is 9.82. The van der Waals surface area contributed by atoms with Crippen molar-refractivity contribution >= 4 is 12.1 Å². The number of esters is 1. The lowest BCUT2D eigenvalue weighted by Gasteiger charge is -2.27. The van der Waals surface area contributed by atoms with Gasteiger partial charge < -0.3 is 20.1 Å². The minimum absolute atomic E-state index is 0.230. The van der Waals surface area contributed by atoms with E-state index in [1.54, 1.807) is 20.8 Å². The number of alkyl carbamates (subject to hydrolysis) is 1. The first kappa shape index (κ1) is 24.1. The predicted molar refractivity (Wildman–Crippen MR) is 116 cm³/mol. The standard InChI is InChI=1S/C23H37N3O4/c1-22(2,3)29-20(27)18(26-21(28)30-23(4,5)6)13-9-14-24-17-12-7-10-16-11-8-15-25-19(16)17/h8,11,15,17-18,24H,7,9-10,12-14H2,1-6H3,(H,26,28). The van der Waals surface area contributed by atoms with Crippen LogP contribution in [0.2, 0.25) is 0 Å². The zero-order valence-electron chi connectivity index (χ0n) is 19.2. The van der Waals surface area contributed by atoms with Crippen molar-refractivity contribution in [1.82, 2.24) is 15.6 Å². The summed E-state index contributed by atoms with van der Waals surface area (Å²) in [6, 6.07) is 3.60. The maximum atomic E-state index is 12.6. The van der Waals surface area contributed by atoms with Gasteiger partial charge in [-0.1, -0.05) is 6.07 Å². The molecule has 0 spiro atoms. The smallest absolute Gasteiger partial charge is 0.408 e. The summed E-state index contributed by atoms with van der Waals surface area (Å²) in [5.74, 6) is -0.446. The van der Waals surface area contributed by atoms with E-state index in [0.717, 1.165) is 31.5 Å². The summed E-state index contributed by atoms with van der Waals surface area (Å²) in [6.07, 6.45) is 5.65. The number of hydrogen-bond acceptors (Lipinski definition) is 6. The minimum Gasteiger partial charge on any atom is -0.458 e. The Kier molecular flexibility index (Phi) is 8.24. The average Bonchev–Trinajstić information content (AvgIpc) is 2.61. The molecule has 0 aliphatic heterocycles. The molecule has 2 rings (SSSR count). The van der Waals surface area contributed by atoms with Crippen LogP contribution in [0, 0.1) is 0 Å². The molecule has 1 aliphatic rings. The Morgan fingerprint density at radius 1 is 1.17 bits per heavy atom. The van der Waals surface area contributed by atoms with Crippen LogP contribution in [0.25, 0.3) is 0 Å². The van der Waals surface area contributed by atoms with Crippen LogP contribution in [0.1, 0.15) is 84.5 Å². The summed E-state index contributed by atoms with van der Waals surface area (Å²) in [7, 11) is 0. The van der Waals surface area contributed by atoms with Gasteiger partial charge in [-0.2, -0.15) is 0 Å². The number of pyridine rings is 1. The highest BCUT2D eigenvalue weighted by Crippen LogP contribution is 2.27. The number of aromatic nitrogens is 1. The molecule has 1 aromatic heterocycles. The Bertz CT molecular complexity index is 722. The molecule has 2 unspecified atom stereocenters. The number of carbonyl (C=O) groups is 2. The number of nitrogens with zero attached hydrogens (tertiary/aromatic N) is 1. The largest absolute Gasteiger partial charge is 0.458 e. The van der Waals surface area contributed by atoms with E-state index >= 15 is 0 Å². The Morgan fingerprint density at radius 2 is 1.87 bits per heavy atom. The highest BCUT2D eigenvalue weighted by atomic mass is 16.6. The molecule has 7 nitrogen and oxygen atoms in total. The maximum absolute atomic E-state index is 12.6. The van der Waals surface area contributed by atoms with Gasteiger partial charge in [0.05, 0.1) is 5.69 Å². The van der Waals surface area contributed by atoms with Gasteiger partial charge in [-0.15, -0.1) is 0 Å². The van der Waals surface area contributed by atoms with E-state index in [4.69, 9.17) is 9.47 Å². The van der Waals surface area contributed by atoms with Crippen molar-refractivity contribution < 1.29 is 19.1 Å². The van der Waals surface area contributed by atoms with Gasteiger partial charge in [0.15, 0.2) is 0 Å². The number of hydrogen-bond donors (Lipinski definition) is 2. The number of carbonyl (C=O) groups excluding carboxylic acids is 2. The highest BCUT2D eigenvalue weighted by molar-refractivity contribution is 5.81. The summed E-state index contributed by atoms with van der Waals surface area (Å²) in [5.41, 5.74) is 1.17. The zero-order chi connectivity index (χ0) is 22.4. The summed E-state index contributed by atoms with van der Waals surface area (Å²) in [4.78, 5) is 29.3. The van der Waals surface area contributed by atoms with Crippen LogP contribution in [-0.4, -0.2) is 40.8 Å². The average molecular weight is 420 g/mol. The van der Waals surface area contributed by atoms with Crippen molar-refractivity contribution in [2.24, 2.45) is 0 Å². The fraction of sp³-hybridized carbons (Fsp3) is 0.696. The molecule has 30 heavy (non-hydrogen) atoms. The molecule has 1 aliphatic carbocycles. The Hall–Kier alpha value is -2.15. The maximum Gasteiger partial charge on any atom is 0.408 e. The van der Waals surface area contributed by atoms with Crippen molar-refractivity contribution in [3.05, 3.63) is 29.6 Å². The molecule has 1 aromatic rings. The fourth-order valence-corrected chi connectivity index (χ4v) is 3.46. The number of ether oxygens (including phenoxy) is 2. The summed E-state index contributed by atoms with van der Waals surface area (Å²) >= 11 is 0. The van der Waals surface area contributed by atoms with Crippen LogP contribution in [0.4, 0.5) is 4.79 Å². The molecule has 1 heterocycles. The van der Waals surface area contributed by atoms with E-state index in [1.807, 2.05) is 33.0 Å². The van der Waals surface area contributed by atoms with Gasteiger partial charge in [0.1, 0.15) is 17.2 Å². The lowest BCUT2D eigenvalue weighted by Crippen LogP contribution is -2.46. The molecule has 2 N–H and O–H groups in total. The first-order chi connectivity index (χ1) is 13.9. The summed E-state index contributed by atoms with van der Waals surface area (Å²) < 4.78 is 10.8. The zero-order valence-corrected chi connectivity index (χ0v) is 19.2. The van der Waals surface area contributed by atoms with E-state index < -0.39 is 29.3 Å². The Labute approximate surface area is 180 Å². The molecule has 0 radical (unpaired) electrons. The van der Waals surface area contributed by atoms with Gasteiger partial charge in [0, 0.05) is 12.2 Å². The van der Waals surface area contributed by atoms with Gasteiger partial charge in [-0.05, 0) is 91.8 Å². The fourth-order valence-electron chi connectivity index (χ4n) is 3.46. The van der Waals surface area contributed by atoms with E-state index in [0.29, 0.717) is 12.8 Å². The molecule has 0 saturated heterocycles.